The summed E-state index contributed by atoms with van der Waals surface area (Å²) in [5, 5.41) is 86.8. The van der Waals surface area contributed by atoms with Crippen molar-refractivity contribution >= 4 is 5.91 Å². The smallest absolute Gasteiger partial charge is 0.220 e. The molecule has 2 saturated heterocycles. The summed E-state index contributed by atoms with van der Waals surface area (Å²) in [4.78, 5) is 13.1. The second kappa shape index (κ2) is 43.2. The summed E-state index contributed by atoms with van der Waals surface area (Å²) in [5.74, 6) is -0.265. The molecule has 2 fully saturated rings. The molecule has 1 amide bonds. The summed E-state index contributed by atoms with van der Waals surface area (Å²) in [6.45, 7) is 2.72. The van der Waals surface area contributed by atoms with E-state index >= 15 is 0 Å². The summed E-state index contributed by atoms with van der Waals surface area (Å²) in [6, 6.07) is -0.941. The lowest BCUT2D eigenvalue weighted by Crippen LogP contribution is -2.65. The average molecular weight is 1010 g/mol. The minimum Gasteiger partial charge on any atom is -0.394 e. The molecule has 0 aromatic heterocycles. The summed E-state index contributed by atoms with van der Waals surface area (Å²) >= 11 is 0. The number of hydrogen-bond acceptors (Lipinski definition) is 13. The fourth-order valence-corrected chi connectivity index (χ4v) is 9.07. The zero-order chi connectivity index (χ0) is 51.7. The molecule has 0 radical (unpaired) electrons. The minimum absolute atomic E-state index is 0.258. The van der Waals surface area contributed by atoms with Crippen molar-refractivity contribution in [2.75, 3.05) is 19.8 Å². The SMILES string of the molecule is CCCC/C=C\CCCCCCCC(=O)NC(COC1OC(CO)C(OC2OC(CO)C(O)C(O)C2O)C(O)C1O)C(O)/C=C/CC/C=C/CC/C=C/CCCCCCCCCCCCCCCCCC. The van der Waals surface area contributed by atoms with Gasteiger partial charge in [-0.2, -0.15) is 0 Å². The Labute approximate surface area is 429 Å². The maximum Gasteiger partial charge on any atom is 0.220 e. The zero-order valence-corrected chi connectivity index (χ0v) is 44.2. The molecule has 12 atom stereocenters. The lowest BCUT2D eigenvalue weighted by molar-refractivity contribution is -0.359. The van der Waals surface area contributed by atoms with E-state index in [4.69, 9.17) is 18.9 Å². The molecule has 14 nitrogen and oxygen atoms in total. The van der Waals surface area contributed by atoms with Crippen molar-refractivity contribution in [3.8, 4) is 0 Å². The molecule has 414 valence electrons. The first-order valence-corrected chi connectivity index (χ1v) is 28.4. The van der Waals surface area contributed by atoms with Gasteiger partial charge in [-0.05, 0) is 64.2 Å². The molecule has 9 N–H and O–H groups in total. The van der Waals surface area contributed by atoms with Crippen LogP contribution in [0.15, 0.2) is 48.6 Å². The fourth-order valence-electron chi connectivity index (χ4n) is 9.07. The number of hydrogen-bond donors (Lipinski definition) is 9. The van der Waals surface area contributed by atoms with Crippen LogP contribution in [0.4, 0.5) is 0 Å². The standard InChI is InChI=1S/C57H103NO13/c1-3-5-7-9-11-13-15-16-17-18-19-20-21-22-23-24-25-26-27-28-29-31-32-34-36-38-40-46(61)45(58-49(62)41-39-37-35-33-30-14-12-10-8-6-4-2)44-68-56-54(67)52(65)55(48(43-60)70-56)71-57-53(66)51(64)50(63)47(42-59)69-57/h10,12,26-27,31-32,38,40,45-48,50-57,59-61,63-67H,3-9,11,13-25,28-30,33-37,39,41-44H2,1-2H3,(H,58,62)/b12-10-,27-26+,32-31+,40-38+. The second-order valence-electron chi connectivity index (χ2n) is 20.0. The van der Waals surface area contributed by atoms with Gasteiger partial charge < -0.3 is 65.1 Å². The van der Waals surface area contributed by atoms with Crippen LogP contribution in [0.5, 0.6) is 0 Å². The number of rotatable bonds is 44. The van der Waals surface area contributed by atoms with Gasteiger partial charge in [-0.1, -0.05) is 191 Å². The number of carbonyl (C=O) groups excluding carboxylic acids is 1. The van der Waals surface area contributed by atoms with Gasteiger partial charge in [0, 0.05) is 6.42 Å². The molecular formula is C57H103NO13. The van der Waals surface area contributed by atoms with Gasteiger partial charge >= 0.3 is 0 Å². The Bertz CT molecular complexity index is 1380. The molecule has 0 aromatic carbocycles. The first kappa shape index (κ1) is 65.1. The highest BCUT2D eigenvalue weighted by Gasteiger charge is 2.51. The van der Waals surface area contributed by atoms with E-state index in [1.54, 1.807) is 6.08 Å². The van der Waals surface area contributed by atoms with Gasteiger partial charge in [-0.25, -0.2) is 0 Å². The van der Waals surface area contributed by atoms with E-state index in [1.807, 2.05) is 6.08 Å². The van der Waals surface area contributed by atoms with Gasteiger partial charge in [0.15, 0.2) is 12.6 Å². The summed E-state index contributed by atoms with van der Waals surface area (Å²) < 4.78 is 22.7. The van der Waals surface area contributed by atoms with Crippen LogP contribution >= 0.6 is 0 Å². The van der Waals surface area contributed by atoms with Crippen LogP contribution in [-0.2, 0) is 23.7 Å². The van der Waals surface area contributed by atoms with Crippen LogP contribution in [0, 0.1) is 0 Å². The van der Waals surface area contributed by atoms with Crippen molar-refractivity contribution in [3.05, 3.63) is 48.6 Å². The van der Waals surface area contributed by atoms with Crippen LogP contribution in [0.3, 0.4) is 0 Å². The topological polar surface area (TPSA) is 228 Å². The van der Waals surface area contributed by atoms with Crippen LogP contribution in [0.1, 0.15) is 213 Å². The van der Waals surface area contributed by atoms with Crippen LogP contribution in [0.25, 0.3) is 0 Å². The molecule has 71 heavy (non-hydrogen) atoms. The molecule has 14 heteroatoms. The van der Waals surface area contributed by atoms with Crippen LogP contribution in [0.2, 0.25) is 0 Å². The highest BCUT2D eigenvalue weighted by molar-refractivity contribution is 5.76. The molecule has 0 aromatic rings. The maximum atomic E-state index is 13.1. The first-order valence-electron chi connectivity index (χ1n) is 28.4. The molecule has 2 heterocycles. The lowest BCUT2D eigenvalue weighted by atomic mass is 9.97. The van der Waals surface area contributed by atoms with Crippen molar-refractivity contribution in [2.24, 2.45) is 0 Å². The maximum absolute atomic E-state index is 13.1. The van der Waals surface area contributed by atoms with Crippen molar-refractivity contribution in [1.29, 1.82) is 0 Å². The zero-order valence-electron chi connectivity index (χ0n) is 44.2. The quantitative estimate of drug-likeness (QED) is 0.0206. The Morgan fingerprint density at radius 1 is 0.493 bits per heavy atom. The minimum atomic E-state index is -1.79. The Balaban J connectivity index is 1.77. The van der Waals surface area contributed by atoms with Gasteiger partial charge in [-0.15, -0.1) is 0 Å². The largest absolute Gasteiger partial charge is 0.394 e. The van der Waals surface area contributed by atoms with Crippen molar-refractivity contribution in [3.63, 3.8) is 0 Å². The molecule has 2 aliphatic heterocycles. The molecule has 0 saturated carbocycles. The van der Waals surface area contributed by atoms with Crippen LogP contribution < -0.4 is 5.32 Å². The van der Waals surface area contributed by atoms with E-state index in [1.165, 1.54) is 116 Å². The Kier molecular flexibility index (Phi) is 39.6. The monoisotopic (exact) mass is 1010 g/mol. The van der Waals surface area contributed by atoms with E-state index in [0.29, 0.717) is 12.8 Å². The molecule has 0 bridgehead atoms. The van der Waals surface area contributed by atoms with Crippen molar-refractivity contribution in [1.82, 2.24) is 5.32 Å². The Morgan fingerprint density at radius 3 is 1.42 bits per heavy atom. The molecular weight excluding hydrogens is 907 g/mol. The fraction of sp³-hybridized carbons (Fsp3) is 0.842. The number of allylic oxidation sites excluding steroid dienone is 7. The van der Waals surface area contributed by atoms with E-state index in [9.17, 15) is 45.6 Å². The summed E-state index contributed by atoms with van der Waals surface area (Å²) in [6.07, 6.45) is 36.0. The Morgan fingerprint density at radius 2 is 0.915 bits per heavy atom. The van der Waals surface area contributed by atoms with Crippen LogP contribution in [-0.4, -0.2) is 140 Å². The first-order chi connectivity index (χ1) is 34.6. The van der Waals surface area contributed by atoms with Gasteiger partial charge in [-0.3, -0.25) is 4.79 Å². The molecule has 2 aliphatic rings. The number of nitrogens with one attached hydrogen (secondary N) is 1. The highest BCUT2D eigenvalue weighted by atomic mass is 16.7. The highest BCUT2D eigenvalue weighted by Crippen LogP contribution is 2.30. The third-order valence-electron chi connectivity index (χ3n) is 13.7. The van der Waals surface area contributed by atoms with Gasteiger partial charge in [0.1, 0.15) is 48.8 Å². The Hall–Kier alpha value is -2.05. The second-order valence-corrected chi connectivity index (χ2v) is 20.0. The van der Waals surface area contributed by atoms with Crippen molar-refractivity contribution < 1.29 is 64.6 Å². The number of amides is 1. The third kappa shape index (κ3) is 29.6. The summed E-state index contributed by atoms with van der Waals surface area (Å²) in [5.41, 5.74) is 0. The van der Waals surface area contributed by atoms with Gasteiger partial charge in [0.25, 0.3) is 0 Å². The van der Waals surface area contributed by atoms with E-state index in [2.05, 4.69) is 55.6 Å². The van der Waals surface area contributed by atoms with Gasteiger partial charge in [0.2, 0.25) is 5.91 Å². The number of unbranched alkanes of at least 4 members (excludes halogenated alkanes) is 25. The van der Waals surface area contributed by atoms with E-state index in [-0.39, 0.29) is 18.9 Å². The summed E-state index contributed by atoms with van der Waals surface area (Å²) in [7, 11) is 0. The van der Waals surface area contributed by atoms with E-state index in [0.717, 1.165) is 64.2 Å². The predicted molar refractivity (Wildman–Crippen MR) is 281 cm³/mol. The average Bonchev–Trinajstić information content (AvgIpc) is 3.37. The third-order valence-corrected chi connectivity index (χ3v) is 13.7. The normalized spacial score (nSPS) is 26.1. The molecule has 2 rings (SSSR count). The van der Waals surface area contributed by atoms with E-state index < -0.39 is 86.8 Å². The van der Waals surface area contributed by atoms with Crippen molar-refractivity contribution in [2.45, 2.75) is 286 Å². The molecule has 0 aliphatic carbocycles. The number of ether oxygens (including phenoxy) is 4. The number of aliphatic hydroxyl groups is 8. The number of aliphatic hydroxyl groups excluding tert-OH is 8. The van der Waals surface area contributed by atoms with Gasteiger partial charge in [0.05, 0.1) is 32.0 Å². The molecule has 0 spiro atoms. The predicted octanol–water partition coefficient (Wildman–Crippen LogP) is 8.83. The lowest BCUT2D eigenvalue weighted by Gasteiger charge is -2.46. The number of carbonyl (C=O) groups is 1. The molecule has 12 unspecified atom stereocenters.